The first kappa shape index (κ1) is 27.2. The SMILES string of the molecule is COc1ccc(NC(=O)c2cc(NC(=O)C(C)(C)C)cc(C)c2Cl)cc1C(=O)Nc1ccc(Br)cc1. The van der Waals surface area contributed by atoms with E-state index in [4.69, 9.17) is 16.3 Å². The molecule has 0 saturated heterocycles. The summed E-state index contributed by atoms with van der Waals surface area (Å²) in [7, 11) is 1.46. The molecule has 3 rings (SSSR count). The van der Waals surface area contributed by atoms with Gasteiger partial charge in [0.25, 0.3) is 11.8 Å². The summed E-state index contributed by atoms with van der Waals surface area (Å²) in [5.74, 6) is -0.721. The largest absolute Gasteiger partial charge is 0.496 e. The van der Waals surface area contributed by atoms with Gasteiger partial charge in [0, 0.05) is 26.9 Å². The second kappa shape index (κ2) is 11.1. The molecule has 0 saturated carbocycles. The van der Waals surface area contributed by atoms with Crippen LogP contribution in [0.2, 0.25) is 5.02 Å². The van der Waals surface area contributed by atoms with Crippen LogP contribution < -0.4 is 20.7 Å². The molecule has 0 aromatic heterocycles. The van der Waals surface area contributed by atoms with Crippen molar-refractivity contribution in [3.8, 4) is 5.75 Å². The molecule has 0 unspecified atom stereocenters. The monoisotopic (exact) mass is 571 g/mol. The predicted octanol–water partition coefficient (Wildman–Crippen LogP) is 6.91. The highest BCUT2D eigenvalue weighted by Crippen LogP contribution is 2.29. The molecule has 3 amide bonds. The molecule has 0 aliphatic rings. The van der Waals surface area contributed by atoms with E-state index in [-0.39, 0.29) is 22.1 Å². The maximum absolute atomic E-state index is 13.1. The normalized spacial score (nSPS) is 11.0. The zero-order chi connectivity index (χ0) is 26.6. The summed E-state index contributed by atoms with van der Waals surface area (Å²) in [6.45, 7) is 7.15. The van der Waals surface area contributed by atoms with Gasteiger partial charge in [0.05, 0.1) is 23.3 Å². The molecule has 0 aliphatic carbocycles. The summed E-state index contributed by atoms with van der Waals surface area (Å²) in [6, 6.07) is 15.1. The molecule has 3 aromatic carbocycles. The maximum atomic E-state index is 13.1. The zero-order valence-corrected chi connectivity index (χ0v) is 22.9. The number of ether oxygens (including phenoxy) is 1. The number of nitrogens with one attached hydrogen (secondary N) is 3. The van der Waals surface area contributed by atoms with Gasteiger partial charge < -0.3 is 20.7 Å². The van der Waals surface area contributed by atoms with Crippen LogP contribution >= 0.6 is 27.5 Å². The summed E-state index contributed by atoms with van der Waals surface area (Å²) >= 11 is 9.78. The van der Waals surface area contributed by atoms with E-state index in [0.717, 1.165) is 4.47 Å². The van der Waals surface area contributed by atoms with Crippen molar-refractivity contribution in [1.29, 1.82) is 0 Å². The van der Waals surface area contributed by atoms with Crippen molar-refractivity contribution in [2.75, 3.05) is 23.1 Å². The number of carbonyl (C=O) groups is 3. The van der Waals surface area contributed by atoms with Gasteiger partial charge in [-0.15, -0.1) is 0 Å². The highest BCUT2D eigenvalue weighted by Gasteiger charge is 2.23. The van der Waals surface area contributed by atoms with Crippen LogP contribution in [0, 0.1) is 12.3 Å². The van der Waals surface area contributed by atoms with Gasteiger partial charge >= 0.3 is 0 Å². The predicted molar refractivity (Wildman–Crippen MR) is 147 cm³/mol. The number of methoxy groups -OCH3 is 1. The van der Waals surface area contributed by atoms with Gasteiger partial charge in [0.2, 0.25) is 5.91 Å². The topological polar surface area (TPSA) is 96.5 Å². The minimum atomic E-state index is -0.605. The third kappa shape index (κ3) is 6.65. The molecule has 0 heterocycles. The minimum absolute atomic E-state index is 0.188. The van der Waals surface area contributed by atoms with E-state index in [0.29, 0.717) is 28.4 Å². The minimum Gasteiger partial charge on any atom is -0.496 e. The van der Waals surface area contributed by atoms with Crippen molar-refractivity contribution >= 4 is 62.3 Å². The standard InChI is InChI=1S/C27H27BrClN3O4/c1-15-12-19(32-26(35)27(2,3)4)14-21(23(15)29)25(34)31-18-10-11-22(36-5)20(13-18)24(33)30-17-8-6-16(28)7-9-17/h6-14H,1-5H3,(H,30,33)(H,31,34)(H,32,35). The molecular weight excluding hydrogens is 546 g/mol. The Morgan fingerprint density at radius 1 is 0.806 bits per heavy atom. The molecule has 0 fully saturated rings. The summed E-state index contributed by atoms with van der Waals surface area (Å²) in [5, 5.41) is 8.68. The Balaban J connectivity index is 1.86. The highest BCUT2D eigenvalue weighted by atomic mass is 79.9. The second-order valence-electron chi connectivity index (χ2n) is 9.19. The van der Waals surface area contributed by atoms with Crippen LogP contribution in [0.5, 0.6) is 5.75 Å². The summed E-state index contributed by atoms with van der Waals surface area (Å²) in [4.78, 5) is 38.5. The van der Waals surface area contributed by atoms with Crippen LogP contribution in [0.25, 0.3) is 0 Å². The maximum Gasteiger partial charge on any atom is 0.259 e. The fourth-order valence-electron chi connectivity index (χ4n) is 3.22. The van der Waals surface area contributed by atoms with E-state index in [9.17, 15) is 14.4 Å². The molecule has 188 valence electrons. The van der Waals surface area contributed by atoms with Crippen LogP contribution in [0.15, 0.2) is 59.1 Å². The van der Waals surface area contributed by atoms with Gasteiger partial charge in [-0.1, -0.05) is 48.3 Å². The van der Waals surface area contributed by atoms with Crippen molar-refractivity contribution in [3.63, 3.8) is 0 Å². The van der Waals surface area contributed by atoms with Crippen LogP contribution in [0.4, 0.5) is 17.1 Å². The van der Waals surface area contributed by atoms with Gasteiger partial charge in [0.15, 0.2) is 0 Å². The molecule has 0 bridgehead atoms. The van der Waals surface area contributed by atoms with E-state index < -0.39 is 17.2 Å². The van der Waals surface area contributed by atoms with E-state index in [1.807, 2.05) is 12.1 Å². The Morgan fingerprint density at radius 2 is 1.36 bits per heavy atom. The molecule has 7 nitrogen and oxygen atoms in total. The fraction of sp³-hybridized carbons (Fsp3) is 0.222. The number of benzene rings is 3. The number of carbonyl (C=O) groups excluding carboxylic acids is 3. The number of halogens is 2. The molecule has 3 N–H and O–H groups in total. The molecular formula is C27H27BrClN3O4. The molecule has 0 spiro atoms. The second-order valence-corrected chi connectivity index (χ2v) is 10.5. The smallest absolute Gasteiger partial charge is 0.259 e. The first-order chi connectivity index (χ1) is 16.9. The fourth-order valence-corrected chi connectivity index (χ4v) is 3.68. The van der Waals surface area contributed by atoms with E-state index in [1.165, 1.54) is 19.2 Å². The van der Waals surface area contributed by atoms with Crippen molar-refractivity contribution in [2.24, 2.45) is 5.41 Å². The van der Waals surface area contributed by atoms with Gasteiger partial charge in [0.1, 0.15) is 5.75 Å². The zero-order valence-electron chi connectivity index (χ0n) is 20.6. The lowest BCUT2D eigenvalue weighted by Gasteiger charge is -2.19. The van der Waals surface area contributed by atoms with Crippen molar-refractivity contribution in [1.82, 2.24) is 0 Å². The molecule has 0 radical (unpaired) electrons. The quantitative estimate of drug-likeness (QED) is 0.299. The van der Waals surface area contributed by atoms with Crippen LogP contribution in [0.1, 0.15) is 47.1 Å². The average molecular weight is 573 g/mol. The lowest BCUT2D eigenvalue weighted by atomic mass is 9.95. The molecule has 3 aromatic rings. The lowest BCUT2D eigenvalue weighted by Crippen LogP contribution is -2.27. The third-order valence-corrected chi connectivity index (χ3v) is 6.27. The average Bonchev–Trinajstić information content (AvgIpc) is 2.82. The van der Waals surface area contributed by atoms with Crippen LogP contribution in [-0.2, 0) is 4.79 Å². The van der Waals surface area contributed by atoms with Gasteiger partial charge in [-0.2, -0.15) is 0 Å². The first-order valence-electron chi connectivity index (χ1n) is 11.1. The Morgan fingerprint density at radius 3 is 1.97 bits per heavy atom. The van der Waals surface area contributed by atoms with Crippen molar-refractivity contribution < 1.29 is 19.1 Å². The Hall–Kier alpha value is -3.36. The number of rotatable bonds is 6. The number of aryl methyl sites for hydroxylation is 1. The number of hydrogen-bond donors (Lipinski definition) is 3. The van der Waals surface area contributed by atoms with Gasteiger partial charge in [-0.25, -0.2) is 0 Å². The van der Waals surface area contributed by atoms with E-state index in [2.05, 4.69) is 31.9 Å². The summed E-state index contributed by atoms with van der Waals surface area (Å²) in [5.41, 5.74) is 1.91. The summed E-state index contributed by atoms with van der Waals surface area (Å²) < 4.78 is 6.23. The number of amides is 3. The summed E-state index contributed by atoms with van der Waals surface area (Å²) in [6.07, 6.45) is 0. The van der Waals surface area contributed by atoms with E-state index in [1.54, 1.807) is 58.0 Å². The number of hydrogen-bond acceptors (Lipinski definition) is 4. The van der Waals surface area contributed by atoms with Crippen molar-refractivity contribution in [2.45, 2.75) is 27.7 Å². The number of anilines is 3. The first-order valence-corrected chi connectivity index (χ1v) is 12.2. The van der Waals surface area contributed by atoms with Gasteiger partial charge in [-0.3, -0.25) is 14.4 Å². The Kier molecular flexibility index (Phi) is 8.43. The molecule has 0 aliphatic heterocycles. The highest BCUT2D eigenvalue weighted by molar-refractivity contribution is 9.10. The molecule has 36 heavy (non-hydrogen) atoms. The molecule has 0 atom stereocenters. The van der Waals surface area contributed by atoms with E-state index >= 15 is 0 Å². The van der Waals surface area contributed by atoms with Gasteiger partial charge in [-0.05, 0) is 67.1 Å². The van der Waals surface area contributed by atoms with Crippen LogP contribution in [0.3, 0.4) is 0 Å². The molecule has 9 heteroatoms. The Labute approximate surface area is 223 Å². The van der Waals surface area contributed by atoms with Crippen LogP contribution in [-0.4, -0.2) is 24.8 Å². The Bertz CT molecular complexity index is 1320. The lowest BCUT2D eigenvalue weighted by molar-refractivity contribution is -0.123. The van der Waals surface area contributed by atoms with Crippen molar-refractivity contribution in [3.05, 3.63) is 80.8 Å². The third-order valence-electron chi connectivity index (χ3n) is 5.24.